The van der Waals surface area contributed by atoms with Crippen LogP contribution in [0.25, 0.3) is 0 Å². The molecule has 0 atom stereocenters. The predicted molar refractivity (Wildman–Crippen MR) is 86.4 cm³/mol. The van der Waals surface area contributed by atoms with Gasteiger partial charge in [-0.1, -0.05) is 45.9 Å². The van der Waals surface area contributed by atoms with Crippen molar-refractivity contribution >= 4 is 5.91 Å². The van der Waals surface area contributed by atoms with E-state index in [9.17, 15) is 4.79 Å². The maximum atomic E-state index is 11.7. The molecule has 0 aliphatic rings. The number of hydrogen-bond acceptors (Lipinski definition) is 3. The lowest BCUT2D eigenvalue weighted by molar-refractivity contribution is -0.123. The van der Waals surface area contributed by atoms with E-state index in [1.54, 1.807) is 0 Å². The highest BCUT2D eigenvalue weighted by Gasteiger charge is 2.07. The van der Waals surface area contributed by atoms with Crippen LogP contribution in [0, 0.1) is 5.92 Å². The summed E-state index contributed by atoms with van der Waals surface area (Å²) in [4.78, 5) is 11.7. The van der Waals surface area contributed by atoms with Crippen LogP contribution in [-0.4, -0.2) is 25.1 Å². The summed E-state index contributed by atoms with van der Waals surface area (Å²) in [5, 5.41) is 6.23. The molecule has 4 nitrogen and oxygen atoms in total. The van der Waals surface area contributed by atoms with Crippen LogP contribution in [0.3, 0.4) is 0 Å². The van der Waals surface area contributed by atoms with Gasteiger partial charge in [-0.15, -0.1) is 0 Å². The third-order valence-corrected chi connectivity index (χ3v) is 3.08. The summed E-state index contributed by atoms with van der Waals surface area (Å²) in [6.45, 7) is 9.99. The Kier molecular flexibility index (Phi) is 7.83. The Bertz CT molecular complexity index is 431. The number of ether oxygens (including phenoxy) is 1. The van der Waals surface area contributed by atoms with Crippen LogP contribution in [0.1, 0.15) is 39.7 Å². The molecule has 0 aliphatic heterocycles. The molecule has 0 aromatic heterocycles. The number of carbonyl (C=O) groups is 1. The lowest BCUT2D eigenvalue weighted by Crippen LogP contribution is -2.30. The Balaban J connectivity index is 2.42. The minimum Gasteiger partial charge on any atom is -0.483 e. The highest BCUT2D eigenvalue weighted by atomic mass is 16.5. The largest absolute Gasteiger partial charge is 0.483 e. The van der Waals surface area contributed by atoms with Gasteiger partial charge in [-0.25, -0.2) is 0 Å². The maximum absolute atomic E-state index is 11.7. The quantitative estimate of drug-likeness (QED) is 0.736. The van der Waals surface area contributed by atoms with Crippen LogP contribution >= 0.6 is 0 Å². The molecule has 1 rings (SSSR count). The van der Waals surface area contributed by atoms with Gasteiger partial charge in [0.1, 0.15) is 5.75 Å². The van der Waals surface area contributed by atoms with Gasteiger partial charge in [-0.05, 0) is 18.4 Å². The van der Waals surface area contributed by atoms with Crippen molar-refractivity contribution in [3.8, 4) is 5.75 Å². The van der Waals surface area contributed by atoms with E-state index in [2.05, 4.69) is 38.3 Å². The van der Waals surface area contributed by atoms with Crippen LogP contribution in [0.5, 0.6) is 5.75 Å². The summed E-state index contributed by atoms with van der Waals surface area (Å²) in [6.07, 6.45) is 0.987. The van der Waals surface area contributed by atoms with Crippen molar-refractivity contribution in [2.75, 3.05) is 13.2 Å². The Labute approximate surface area is 128 Å². The molecule has 0 fully saturated rings. The van der Waals surface area contributed by atoms with Crippen molar-refractivity contribution in [2.45, 2.75) is 46.7 Å². The van der Waals surface area contributed by atoms with E-state index < -0.39 is 0 Å². The second kappa shape index (κ2) is 9.40. The zero-order chi connectivity index (χ0) is 15.7. The zero-order valence-electron chi connectivity index (χ0n) is 13.6. The molecule has 0 radical (unpaired) electrons. The summed E-state index contributed by atoms with van der Waals surface area (Å²) < 4.78 is 5.64. The summed E-state index contributed by atoms with van der Waals surface area (Å²) in [5.74, 6) is 1.29. The van der Waals surface area contributed by atoms with Crippen molar-refractivity contribution in [3.05, 3.63) is 29.8 Å². The molecule has 0 spiro atoms. The van der Waals surface area contributed by atoms with Crippen molar-refractivity contribution in [2.24, 2.45) is 5.92 Å². The van der Waals surface area contributed by atoms with E-state index in [1.165, 1.54) is 0 Å². The van der Waals surface area contributed by atoms with Crippen molar-refractivity contribution in [1.29, 1.82) is 0 Å². The average Bonchev–Trinajstić information content (AvgIpc) is 2.43. The van der Waals surface area contributed by atoms with E-state index in [0.29, 0.717) is 18.5 Å². The van der Waals surface area contributed by atoms with Gasteiger partial charge in [0.05, 0.1) is 0 Å². The van der Waals surface area contributed by atoms with Crippen LogP contribution < -0.4 is 15.4 Å². The first kappa shape index (κ1) is 17.5. The first-order valence-corrected chi connectivity index (χ1v) is 7.69. The number of para-hydroxylation sites is 1. The fourth-order valence-electron chi connectivity index (χ4n) is 1.80. The molecular formula is C17H28N2O2. The highest BCUT2D eigenvalue weighted by molar-refractivity contribution is 5.77. The number of benzene rings is 1. The summed E-state index contributed by atoms with van der Waals surface area (Å²) in [6, 6.07) is 8.23. The molecule has 0 unspecified atom stereocenters. The molecule has 0 bridgehead atoms. The number of hydrogen-bond donors (Lipinski definition) is 2. The van der Waals surface area contributed by atoms with Crippen LogP contribution in [0.2, 0.25) is 0 Å². The minimum atomic E-state index is -0.0673. The Hall–Kier alpha value is -1.55. The smallest absolute Gasteiger partial charge is 0.257 e. The standard InChI is InChI=1S/C17H28N2O2/c1-13(2)9-10-18-17(20)12-21-16-8-6-5-7-15(16)11-19-14(3)4/h5-8,13-14,19H,9-12H2,1-4H3,(H,18,20). The number of amides is 1. The van der Waals surface area contributed by atoms with Gasteiger partial charge in [0.15, 0.2) is 6.61 Å². The Morgan fingerprint density at radius 3 is 2.57 bits per heavy atom. The van der Waals surface area contributed by atoms with Gasteiger partial charge in [-0.2, -0.15) is 0 Å². The third kappa shape index (κ3) is 7.71. The van der Waals surface area contributed by atoms with E-state index in [0.717, 1.165) is 24.3 Å². The molecule has 21 heavy (non-hydrogen) atoms. The fraction of sp³-hybridized carbons (Fsp3) is 0.588. The van der Waals surface area contributed by atoms with Gasteiger partial charge in [0.25, 0.3) is 5.91 Å². The van der Waals surface area contributed by atoms with Gasteiger partial charge in [0.2, 0.25) is 0 Å². The minimum absolute atomic E-state index is 0.0663. The lowest BCUT2D eigenvalue weighted by Gasteiger charge is -2.14. The molecule has 4 heteroatoms. The first-order valence-electron chi connectivity index (χ1n) is 7.69. The molecule has 1 aromatic carbocycles. The molecule has 118 valence electrons. The first-order chi connectivity index (χ1) is 9.99. The fourth-order valence-corrected chi connectivity index (χ4v) is 1.80. The molecular weight excluding hydrogens is 264 g/mol. The molecule has 1 amide bonds. The van der Waals surface area contributed by atoms with Crippen molar-refractivity contribution < 1.29 is 9.53 Å². The molecule has 0 saturated carbocycles. The van der Waals surface area contributed by atoms with Gasteiger partial charge >= 0.3 is 0 Å². The summed E-state index contributed by atoms with van der Waals surface area (Å²) >= 11 is 0. The normalized spacial score (nSPS) is 11.0. The molecule has 0 aliphatic carbocycles. The Morgan fingerprint density at radius 1 is 1.19 bits per heavy atom. The second-order valence-corrected chi connectivity index (χ2v) is 5.96. The van der Waals surface area contributed by atoms with E-state index in [-0.39, 0.29) is 12.5 Å². The summed E-state index contributed by atoms with van der Waals surface area (Å²) in [5.41, 5.74) is 1.07. The van der Waals surface area contributed by atoms with Crippen LogP contribution in [0.4, 0.5) is 0 Å². The molecule has 0 heterocycles. The van der Waals surface area contributed by atoms with E-state index in [4.69, 9.17) is 4.74 Å². The lowest BCUT2D eigenvalue weighted by atomic mass is 10.1. The molecule has 0 saturated heterocycles. The van der Waals surface area contributed by atoms with Gasteiger partial charge < -0.3 is 15.4 Å². The molecule has 2 N–H and O–H groups in total. The predicted octanol–water partition coefficient (Wildman–Crippen LogP) is 2.73. The average molecular weight is 292 g/mol. The Morgan fingerprint density at radius 2 is 1.90 bits per heavy atom. The van der Waals surface area contributed by atoms with Gasteiger partial charge in [0, 0.05) is 24.7 Å². The number of rotatable bonds is 9. The highest BCUT2D eigenvalue weighted by Crippen LogP contribution is 2.17. The van der Waals surface area contributed by atoms with Crippen LogP contribution in [-0.2, 0) is 11.3 Å². The summed E-state index contributed by atoms with van der Waals surface area (Å²) in [7, 11) is 0. The third-order valence-electron chi connectivity index (χ3n) is 3.08. The molecule has 1 aromatic rings. The van der Waals surface area contributed by atoms with Crippen molar-refractivity contribution in [1.82, 2.24) is 10.6 Å². The van der Waals surface area contributed by atoms with Crippen LogP contribution in [0.15, 0.2) is 24.3 Å². The monoisotopic (exact) mass is 292 g/mol. The van der Waals surface area contributed by atoms with Gasteiger partial charge in [-0.3, -0.25) is 4.79 Å². The topological polar surface area (TPSA) is 50.4 Å². The number of nitrogens with one attached hydrogen (secondary N) is 2. The van der Waals surface area contributed by atoms with E-state index >= 15 is 0 Å². The maximum Gasteiger partial charge on any atom is 0.257 e. The number of carbonyl (C=O) groups excluding carboxylic acids is 1. The van der Waals surface area contributed by atoms with Crippen molar-refractivity contribution in [3.63, 3.8) is 0 Å². The SMILES string of the molecule is CC(C)CCNC(=O)COc1ccccc1CNC(C)C. The van der Waals surface area contributed by atoms with E-state index in [1.807, 2.05) is 24.3 Å². The second-order valence-electron chi connectivity index (χ2n) is 5.96. The zero-order valence-corrected chi connectivity index (χ0v) is 13.6.